The Morgan fingerprint density at radius 2 is 1.95 bits per heavy atom. The SMILES string of the molecule is CCC(CC)(CNCC1CCCO1)NC(=O)OC(C)(C)C. The van der Waals surface area contributed by atoms with E-state index in [4.69, 9.17) is 9.47 Å². The fourth-order valence-electron chi connectivity index (χ4n) is 2.52. The van der Waals surface area contributed by atoms with Crippen LogP contribution in [0.5, 0.6) is 0 Å². The van der Waals surface area contributed by atoms with Crippen LogP contribution in [0.15, 0.2) is 0 Å². The molecule has 5 heteroatoms. The van der Waals surface area contributed by atoms with Gasteiger partial charge in [-0.3, -0.25) is 0 Å². The van der Waals surface area contributed by atoms with Gasteiger partial charge in [-0.25, -0.2) is 4.79 Å². The Morgan fingerprint density at radius 1 is 1.29 bits per heavy atom. The fourth-order valence-corrected chi connectivity index (χ4v) is 2.52. The molecule has 1 saturated heterocycles. The molecule has 1 fully saturated rings. The number of amides is 1. The minimum atomic E-state index is -0.470. The van der Waals surface area contributed by atoms with E-state index in [0.29, 0.717) is 6.10 Å². The third kappa shape index (κ3) is 6.66. The maximum absolute atomic E-state index is 12.0. The first-order chi connectivity index (χ1) is 9.80. The maximum atomic E-state index is 12.0. The lowest BCUT2D eigenvalue weighted by atomic mass is 9.92. The van der Waals surface area contributed by atoms with E-state index in [0.717, 1.165) is 45.4 Å². The van der Waals surface area contributed by atoms with Crippen LogP contribution >= 0.6 is 0 Å². The van der Waals surface area contributed by atoms with E-state index in [1.807, 2.05) is 20.8 Å². The standard InChI is InChI=1S/C16H32N2O3/c1-6-16(7-2,18-14(19)21-15(3,4)5)12-17-11-13-9-8-10-20-13/h13,17H,6-12H2,1-5H3,(H,18,19). The van der Waals surface area contributed by atoms with Gasteiger partial charge in [-0.2, -0.15) is 0 Å². The summed E-state index contributed by atoms with van der Waals surface area (Å²) in [6, 6.07) is 0. The molecule has 0 aromatic carbocycles. The summed E-state index contributed by atoms with van der Waals surface area (Å²) in [5, 5.41) is 6.49. The van der Waals surface area contributed by atoms with Gasteiger partial charge in [0, 0.05) is 19.7 Å². The molecule has 1 amide bonds. The maximum Gasteiger partial charge on any atom is 0.408 e. The molecule has 1 aliphatic heterocycles. The van der Waals surface area contributed by atoms with Crippen molar-refractivity contribution in [3.05, 3.63) is 0 Å². The second kappa shape index (κ2) is 7.99. The van der Waals surface area contributed by atoms with Crippen LogP contribution in [-0.4, -0.2) is 43.0 Å². The number of hydrogen-bond donors (Lipinski definition) is 2. The Balaban J connectivity index is 2.46. The Labute approximate surface area is 129 Å². The molecule has 0 spiro atoms. The molecule has 5 nitrogen and oxygen atoms in total. The molecular weight excluding hydrogens is 268 g/mol. The number of hydrogen-bond acceptors (Lipinski definition) is 4. The van der Waals surface area contributed by atoms with E-state index in [1.165, 1.54) is 0 Å². The van der Waals surface area contributed by atoms with Crippen molar-refractivity contribution in [3.8, 4) is 0 Å². The summed E-state index contributed by atoms with van der Waals surface area (Å²) in [6.07, 6.45) is 3.97. The number of alkyl carbamates (subject to hydrolysis) is 1. The van der Waals surface area contributed by atoms with E-state index in [2.05, 4.69) is 24.5 Å². The highest BCUT2D eigenvalue weighted by Crippen LogP contribution is 2.17. The van der Waals surface area contributed by atoms with Crippen LogP contribution in [0.25, 0.3) is 0 Å². The normalized spacial score (nSPS) is 19.6. The van der Waals surface area contributed by atoms with E-state index in [1.54, 1.807) is 0 Å². The van der Waals surface area contributed by atoms with Gasteiger partial charge in [0.2, 0.25) is 0 Å². The first-order valence-corrected chi connectivity index (χ1v) is 8.14. The zero-order valence-electron chi connectivity index (χ0n) is 14.3. The molecular formula is C16H32N2O3. The number of carbonyl (C=O) groups excluding carboxylic acids is 1. The summed E-state index contributed by atoms with van der Waals surface area (Å²) in [6.45, 7) is 12.3. The van der Waals surface area contributed by atoms with E-state index >= 15 is 0 Å². The largest absolute Gasteiger partial charge is 0.444 e. The van der Waals surface area contributed by atoms with Crippen LogP contribution in [0.1, 0.15) is 60.3 Å². The van der Waals surface area contributed by atoms with Gasteiger partial charge >= 0.3 is 6.09 Å². The van der Waals surface area contributed by atoms with Gasteiger partial charge < -0.3 is 20.1 Å². The molecule has 2 N–H and O–H groups in total. The van der Waals surface area contributed by atoms with Crippen molar-refractivity contribution in [1.29, 1.82) is 0 Å². The van der Waals surface area contributed by atoms with Gasteiger partial charge in [0.05, 0.1) is 11.6 Å². The Hall–Kier alpha value is -0.810. The average Bonchev–Trinajstić information content (AvgIpc) is 2.88. The van der Waals surface area contributed by atoms with Crippen LogP contribution in [-0.2, 0) is 9.47 Å². The molecule has 0 bridgehead atoms. The summed E-state index contributed by atoms with van der Waals surface area (Å²) in [7, 11) is 0. The zero-order valence-corrected chi connectivity index (χ0v) is 14.3. The zero-order chi connectivity index (χ0) is 15.9. The molecule has 1 aliphatic rings. The van der Waals surface area contributed by atoms with Crippen molar-refractivity contribution in [2.75, 3.05) is 19.7 Å². The lowest BCUT2D eigenvalue weighted by Gasteiger charge is -2.34. The van der Waals surface area contributed by atoms with E-state index in [-0.39, 0.29) is 11.6 Å². The predicted octanol–water partition coefficient (Wildman–Crippen LogP) is 2.84. The highest BCUT2D eigenvalue weighted by Gasteiger charge is 2.30. The van der Waals surface area contributed by atoms with Gasteiger partial charge in [-0.05, 0) is 46.5 Å². The Morgan fingerprint density at radius 3 is 2.43 bits per heavy atom. The molecule has 0 aliphatic carbocycles. The van der Waals surface area contributed by atoms with Crippen molar-refractivity contribution in [2.24, 2.45) is 0 Å². The summed E-state index contributed by atoms with van der Waals surface area (Å²) in [4.78, 5) is 12.0. The molecule has 0 aromatic rings. The van der Waals surface area contributed by atoms with Crippen molar-refractivity contribution in [3.63, 3.8) is 0 Å². The predicted molar refractivity (Wildman–Crippen MR) is 84.5 cm³/mol. The molecule has 21 heavy (non-hydrogen) atoms. The van der Waals surface area contributed by atoms with Crippen LogP contribution < -0.4 is 10.6 Å². The van der Waals surface area contributed by atoms with Crippen LogP contribution in [0.4, 0.5) is 4.79 Å². The van der Waals surface area contributed by atoms with Crippen molar-refractivity contribution in [2.45, 2.75) is 77.5 Å². The van der Waals surface area contributed by atoms with Gasteiger partial charge in [0.15, 0.2) is 0 Å². The van der Waals surface area contributed by atoms with Crippen LogP contribution in [0.2, 0.25) is 0 Å². The smallest absolute Gasteiger partial charge is 0.408 e. The van der Waals surface area contributed by atoms with Gasteiger partial charge in [-0.15, -0.1) is 0 Å². The van der Waals surface area contributed by atoms with Crippen molar-refractivity contribution < 1.29 is 14.3 Å². The summed E-state index contributed by atoms with van der Waals surface area (Å²) in [5.74, 6) is 0. The van der Waals surface area contributed by atoms with Gasteiger partial charge in [0.25, 0.3) is 0 Å². The summed E-state index contributed by atoms with van der Waals surface area (Å²) in [5.41, 5.74) is -0.733. The summed E-state index contributed by atoms with van der Waals surface area (Å²) >= 11 is 0. The monoisotopic (exact) mass is 300 g/mol. The highest BCUT2D eigenvalue weighted by atomic mass is 16.6. The fraction of sp³-hybridized carbons (Fsp3) is 0.938. The van der Waals surface area contributed by atoms with Gasteiger partial charge in [0.1, 0.15) is 5.60 Å². The first-order valence-electron chi connectivity index (χ1n) is 8.14. The number of nitrogens with one attached hydrogen (secondary N) is 2. The topological polar surface area (TPSA) is 59.6 Å². The molecule has 1 atom stereocenters. The molecule has 1 unspecified atom stereocenters. The second-order valence-electron chi connectivity index (χ2n) is 6.88. The highest BCUT2D eigenvalue weighted by molar-refractivity contribution is 5.68. The molecule has 124 valence electrons. The average molecular weight is 300 g/mol. The number of carbonyl (C=O) groups is 1. The molecule has 1 heterocycles. The Kier molecular flexibility index (Phi) is 6.94. The molecule has 1 rings (SSSR count). The number of ether oxygens (including phenoxy) is 2. The summed E-state index contributed by atoms with van der Waals surface area (Å²) < 4.78 is 11.0. The minimum Gasteiger partial charge on any atom is -0.444 e. The third-order valence-electron chi connectivity index (χ3n) is 3.98. The van der Waals surface area contributed by atoms with E-state index in [9.17, 15) is 4.79 Å². The Bertz CT molecular complexity index is 316. The van der Waals surface area contributed by atoms with Crippen molar-refractivity contribution in [1.82, 2.24) is 10.6 Å². The quantitative estimate of drug-likeness (QED) is 0.759. The van der Waals surface area contributed by atoms with Crippen LogP contribution in [0, 0.1) is 0 Å². The van der Waals surface area contributed by atoms with Crippen molar-refractivity contribution >= 4 is 6.09 Å². The third-order valence-corrected chi connectivity index (χ3v) is 3.98. The lowest BCUT2D eigenvalue weighted by Crippen LogP contribution is -2.55. The minimum absolute atomic E-state index is 0.263. The second-order valence-corrected chi connectivity index (χ2v) is 6.88. The number of rotatable bonds is 7. The lowest BCUT2D eigenvalue weighted by molar-refractivity contribution is 0.0442. The van der Waals surface area contributed by atoms with Crippen LogP contribution in [0.3, 0.4) is 0 Å². The molecule has 0 saturated carbocycles. The van der Waals surface area contributed by atoms with Gasteiger partial charge in [-0.1, -0.05) is 13.8 Å². The molecule has 0 radical (unpaired) electrons. The first kappa shape index (κ1) is 18.2. The molecule has 0 aromatic heterocycles. The van der Waals surface area contributed by atoms with E-state index < -0.39 is 5.60 Å².